The van der Waals surface area contributed by atoms with Gasteiger partial charge < -0.3 is 0 Å². The molecule has 0 saturated heterocycles. The lowest BCUT2D eigenvalue weighted by atomic mass is 10.1. The van der Waals surface area contributed by atoms with Crippen LogP contribution < -0.4 is 0 Å². The van der Waals surface area contributed by atoms with Crippen LogP contribution in [-0.4, -0.2) is 9.97 Å². The Balaban J connectivity index is 2.34. The van der Waals surface area contributed by atoms with E-state index in [1.54, 1.807) is 18.2 Å². The van der Waals surface area contributed by atoms with Crippen molar-refractivity contribution in [2.24, 2.45) is 0 Å². The number of aromatic nitrogens is 2. The number of rotatable bonds is 1. The van der Waals surface area contributed by atoms with Gasteiger partial charge >= 0.3 is 0 Å². The molecule has 0 bridgehead atoms. The Kier molecular flexibility index (Phi) is 3.51. The van der Waals surface area contributed by atoms with E-state index < -0.39 is 11.6 Å². The maximum absolute atomic E-state index is 14.2. The Morgan fingerprint density at radius 3 is 2.52 bits per heavy atom. The molecule has 0 atom stereocenters. The molecular weight excluding hydrogens is 317 g/mol. The summed E-state index contributed by atoms with van der Waals surface area (Å²) in [6.07, 6.45) is 0. The molecule has 0 amide bonds. The lowest BCUT2D eigenvalue weighted by Crippen LogP contribution is -1.99. The Morgan fingerprint density at radius 1 is 1.00 bits per heavy atom. The third-order valence-corrected chi connectivity index (χ3v) is 3.64. The Hall–Kier alpha value is -1.78. The summed E-state index contributed by atoms with van der Waals surface area (Å²) < 4.78 is 28.1. The van der Waals surface area contributed by atoms with Crippen molar-refractivity contribution in [3.8, 4) is 11.4 Å². The second-order valence-electron chi connectivity index (χ2n) is 4.55. The molecule has 2 nitrogen and oxygen atoms in total. The van der Waals surface area contributed by atoms with Crippen LogP contribution >= 0.6 is 23.2 Å². The number of nitrogens with zero attached hydrogens (tertiary/aromatic N) is 2. The highest BCUT2D eigenvalue weighted by Gasteiger charge is 2.18. The minimum atomic E-state index is -0.740. The van der Waals surface area contributed by atoms with Gasteiger partial charge in [0.2, 0.25) is 0 Å². The minimum Gasteiger partial charge on any atom is -0.228 e. The number of benzene rings is 2. The molecule has 21 heavy (non-hydrogen) atoms. The first kappa shape index (κ1) is 14.2. The van der Waals surface area contributed by atoms with Crippen LogP contribution in [0.25, 0.3) is 22.3 Å². The summed E-state index contributed by atoms with van der Waals surface area (Å²) >= 11 is 12.0. The zero-order chi connectivity index (χ0) is 15.1. The molecule has 6 heteroatoms. The zero-order valence-electron chi connectivity index (χ0n) is 10.8. The van der Waals surface area contributed by atoms with Gasteiger partial charge in [-0.1, -0.05) is 29.3 Å². The van der Waals surface area contributed by atoms with Gasteiger partial charge in [-0.2, -0.15) is 0 Å². The maximum atomic E-state index is 14.2. The topological polar surface area (TPSA) is 25.8 Å². The number of hydrogen-bond donors (Lipinski definition) is 0. The standard InChI is InChI=1S/C15H8Cl2F2N2/c1-7-2-5-10(18)12(13(7)19)15-20-11-6-8(16)3-4-9(11)14(17)21-15/h2-6H,1H3. The largest absolute Gasteiger partial charge is 0.228 e. The number of halogens is 4. The molecule has 0 aliphatic heterocycles. The van der Waals surface area contributed by atoms with E-state index in [4.69, 9.17) is 23.2 Å². The van der Waals surface area contributed by atoms with Gasteiger partial charge in [-0.25, -0.2) is 18.7 Å². The van der Waals surface area contributed by atoms with Crippen LogP contribution in [0.4, 0.5) is 8.78 Å². The molecule has 0 aliphatic rings. The fourth-order valence-electron chi connectivity index (χ4n) is 2.04. The van der Waals surface area contributed by atoms with Gasteiger partial charge in [0, 0.05) is 10.4 Å². The second-order valence-corrected chi connectivity index (χ2v) is 5.35. The van der Waals surface area contributed by atoms with E-state index in [1.807, 2.05) is 0 Å². The molecule has 2 aromatic carbocycles. The lowest BCUT2D eigenvalue weighted by molar-refractivity contribution is 0.582. The summed E-state index contributed by atoms with van der Waals surface area (Å²) in [7, 11) is 0. The molecule has 0 fully saturated rings. The van der Waals surface area contributed by atoms with Crippen molar-refractivity contribution in [1.29, 1.82) is 0 Å². The van der Waals surface area contributed by atoms with Crippen LogP contribution in [0.3, 0.4) is 0 Å². The van der Waals surface area contributed by atoms with Crippen molar-refractivity contribution >= 4 is 34.1 Å². The summed E-state index contributed by atoms with van der Waals surface area (Å²) in [6.45, 7) is 1.54. The summed E-state index contributed by atoms with van der Waals surface area (Å²) in [4.78, 5) is 8.17. The fraction of sp³-hybridized carbons (Fsp3) is 0.0667. The Morgan fingerprint density at radius 2 is 1.76 bits per heavy atom. The average Bonchev–Trinajstić information content (AvgIpc) is 2.43. The van der Waals surface area contributed by atoms with Crippen LogP contribution in [0.2, 0.25) is 10.2 Å². The van der Waals surface area contributed by atoms with Gasteiger partial charge in [-0.3, -0.25) is 0 Å². The van der Waals surface area contributed by atoms with Gasteiger partial charge in [0.1, 0.15) is 16.8 Å². The van der Waals surface area contributed by atoms with Crippen LogP contribution in [0.1, 0.15) is 5.56 Å². The predicted molar refractivity (Wildman–Crippen MR) is 79.6 cm³/mol. The second kappa shape index (κ2) is 5.20. The molecular formula is C15H8Cl2F2N2. The smallest absolute Gasteiger partial charge is 0.167 e. The quantitative estimate of drug-likeness (QED) is 0.575. The Labute approximate surface area is 129 Å². The van der Waals surface area contributed by atoms with Crippen molar-refractivity contribution in [1.82, 2.24) is 9.97 Å². The average molecular weight is 325 g/mol. The number of hydrogen-bond acceptors (Lipinski definition) is 2. The van der Waals surface area contributed by atoms with Gasteiger partial charge in [0.05, 0.1) is 11.1 Å². The predicted octanol–water partition coefficient (Wildman–Crippen LogP) is 5.19. The molecule has 3 aromatic rings. The van der Waals surface area contributed by atoms with E-state index in [0.29, 0.717) is 21.5 Å². The molecule has 3 rings (SSSR count). The summed E-state index contributed by atoms with van der Waals surface area (Å²) in [5.41, 5.74) is 0.439. The highest BCUT2D eigenvalue weighted by atomic mass is 35.5. The zero-order valence-corrected chi connectivity index (χ0v) is 12.3. The molecule has 1 heterocycles. The van der Waals surface area contributed by atoms with Gasteiger partial charge in [-0.15, -0.1) is 0 Å². The SMILES string of the molecule is Cc1ccc(F)c(-c2nc(Cl)c3ccc(Cl)cc3n2)c1F. The first-order valence-electron chi connectivity index (χ1n) is 6.05. The van der Waals surface area contributed by atoms with Crippen molar-refractivity contribution in [3.63, 3.8) is 0 Å². The van der Waals surface area contributed by atoms with E-state index >= 15 is 0 Å². The Bertz CT molecular complexity index is 866. The molecule has 106 valence electrons. The maximum Gasteiger partial charge on any atom is 0.167 e. The fourth-order valence-corrected chi connectivity index (χ4v) is 2.44. The number of fused-ring (bicyclic) bond motifs is 1. The first-order valence-corrected chi connectivity index (χ1v) is 6.81. The van der Waals surface area contributed by atoms with Crippen molar-refractivity contribution < 1.29 is 8.78 Å². The highest BCUT2D eigenvalue weighted by molar-refractivity contribution is 6.35. The van der Waals surface area contributed by atoms with Crippen molar-refractivity contribution in [2.75, 3.05) is 0 Å². The number of aryl methyl sites for hydroxylation is 1. The summed E-state index contributed by atoms with van der Waals surface area (Å²) in [5.74, 6) is -1.54. The van der Waals surface area contributed by atoms with Crippen LogP contribution in [0.15, 0.2) is 30.3 Å². The van der Waals surface area contributed by atoms with Crippen molar-refractivity contribution in [2.45, 2.75) is 6.92 Å². The van der Waals surface area contributed by atoms with Crippen LogP contribution in [0.5, 0.6) is 0 Å². The third-order valence-electron chi connectivity index (χ3n) is 3.12. The van der Waals surface area contributed by atoms with E-state index in [1.165, 1.54) is 19.1 Å². The van der Waals surface area contributed by atoms with Gasteiger partial charge in [-0.05, 0) is 36.8 Å². The molecule has 1 aromatic heterocycles. The molecule has 0 spiro atoms. The normalized spacial score (nSPS) is 11.1. The molecule has 0 radical (unpaired) electrons. The lowest BCUT2D eigenvalue weighted by Gasteiger charge is -2.08. The minimum absolute atomic E-state index is 0.103. The monoisotopic (exact) mass is 324 g/mol. The van der Waals surface area contributed by atoms with E-state index in [-0.39, 0.29) is 16.5 Å². The summed E-state index contributed by atoms with van der Waals surface area (Å²) in [5, 5.41) is 1.14. The molecule has 0 unspecified atom stereocenters. The van der Waals surface area contributed by atoms with Gasteiger partial charge in [0.25, 0.3) is 0 Å². The molecule has 0 N–H and O–H groups in total. The summed E-state index contributed by atoms with van der Waals surface area (Å²) in [6, 6.07) is 7.40. The van der Waals surface area contributed by atoms with E-state index in [0.717, 1.165) is 0 Å². The van der Waals surface area contributed by atoms with Gasteiger partial charge in [0.15, 0.2) is 5.82 Å². The highest BCUT2D eigenvalue weighted by Crippen LogP contribution is 2.30. The van der Waals surface area contributed by atoms with E-state index in [2.05, 4.69) is 9.97 Å². The van der Waals surface area contributed by atoms with Crippen LogP contribution in [-0.2, 0) is 0 Å². The molecule has 0 saturated carbocycles. The van der Waals surface area contributed by atoms with Crippen molar-refractivity contribution in [3.05, 3.63) is 57.7 Å². The third kappa shape index (κ3) is 2.45. The van der Waals surface area contributed by atoms with E-state index in [9.17, 15) is 8.78 Å². The first-order chi connectivity index (χ1) is 9.97. The molecule has 0 aliphatic carbocycles. The van der Waals surface area contributed by atoms with Crippen LogP contribution in [0, 0.1) is 18.6 Å².